The fourth-order valence-corrected chi connectivity index (χ4v) is 2.62. The molecule has 0 saturated carbocycles. The number of piperidine rings is 1. The maximum Gasteiger partial charge on any atom is 0.258 e. The highest BCUT2D eigenvalue weighted by Gasteiger charge is 2.25. The second-order valence-electron chi connectivity index (χ2n) is 5.31. The molecule has 0 radical (unpaired) electrons. The summed E-state index contributed by atoms with van der Waals surface area (Å²) in [5.74, 6) is 1.94. The van der Waals surface area contributed by atoms with E-state index >= 15 is 0 Å². The van der Waals surface area contributed by atoms with Crippen molar-refractivity contribution in [2.75, 3.05) is 17.2 Å². The van der Waals surface area contributed by atoms with E-state index in [2.05, 4.69) is 43.8 Å². The van der Waals surface area contributed by atoms with Crippen molar-refractivity contribution in [1.29, 1.82) is 0 Å². The highest BCUT2D eigenvalue weighted by atomic mass is 15.4. The molecule has 1 fully saturated rings. The minimum atomic E-state index is 0.200. The lowest BCUT2D eigenvalue weighted by Crippen LogP contribution is -2.41. The van der Waals surface area contributed by atoms with Gasteiger partial charge in [0.1, 0.15) is 12.7 Å². The smallest absolute Gasteiger partial charge is 0.258 e. The first kappa shape index (κ1) is 12.8. The summed E-state index contributed by atoms with van der Waals surface area (Å²) in [6.45, 7) is 5.39. The van der Waals surface area contributed by atoms with Crippen molar-refractivity contribution in [3.8, 4) is 5.95 Å². The molecule has 1 saturated heterocycles. The molecule has 8 heteroatoms. The monoisotopic (exact) mass is 274 g/mol. The number of nitrogen functional groups attached to an aromatic ring is 1. The summed E-state index contributed by atoms with van der Waals surface area (Å²) in [6.07, 6.45) is 5.24. The van der Waals surface area contributed by atoms with Crippen LogP contribution in [0.4, 0.5) is 11.9 Å². The van der Waals surface area contributed by atoms with Crippen LogP contribution in [0.3, 0.4) is 0 Å². The fourth-order valence-electron chi connectivity index (χ4n) is 2.62. The van der Waals surface area contributed by atoms with Gasteiger partial charge in [-0.2, -0.15) is 24.7 Å². The van der Waals surface area contributed by atoms with Crippen molar-refractivity contribution >= 4 is 11.9 Å². The third-order valence-electron chi connectivity index (χ3n) is 3.65. The van der Waals surface area contributed by atoms with Gasteiger partial charge in [-0.15, -0.1) is 0 Å². The van der Waals surface area contributed by atoms with Crippen LogP contribution in [0.1, 0.15) is 26.7 Å². The van der Waals surface area contributed by atoms with Gasteiger partial charge in [-0.25, -0.2) is 4.98 Å². The molecule has 3 rings (SSSR count). The molecular weight excluding hydrogens is 256 g/mol. The quantitative estimate of drug-likeness (QED) is 0.858. The molecule has 0 spiro atoms. The number of nitrogens with two attached hydrogens (primary N) is 1. The Balaban J connectivity index is 1.94. The summed E-state index contributed by atoms with van der Waals surface area (Å²) in [7, 11) is 0. The van der Waals surface area contributed by atoms with E-state index in [1.165, 1.54) is 11.0 Å². The van der Waals surface area contributed by atoms with E-state index in [1.54, 1.807) is 6.33 Å². The van der Waals surface area contributed by atoms with Crippen LogP contribution >= 0.6 is 0 Å². The molecule has 8 nitrogen and oxygen atoms in total. The van der Waals surface area contributed by atoms with E-state index in [1.807, 2.05) is 0 Å². The Morgan fingerprint density at radius 3 is 2.70 bits per heavy atom. The van der Waals surface area contributed by atoms with Crippen molar-refractivity contribution in [3.63, 3.8) is 0 Å². The van der Waals surface area contributed by atoms with Gasteiger partial charge in [0.15, 0.2) is 0 Å². The highest BCUT2D eigenvalue weighted by Crippen LogP contribution is 2.25. The first-order chi connectivity index (χ1) is 9.63. The van der Waals surface area contributed by atoms with Gasteiger partial charge in [0, 0.05) is 12.6 Å². The zero-order valence-electron chi connectivity index (χ0n) is 11.6. The minimum absolute atomic E-state index is 0.200. The lowest BCUT2D eigenvalue weighted by Gasteiger charge is -2.36. The number of nitrogens with zero attached hydrogens (tertiary/aromatic N) is 7. The van der Waals surface area contributed by atoms with Crippen LogP contribution in [0.15, 0.2) is 12.7 Å². The standard InChI is InChI=1S/C12H18N8/c1-8-3-4-19(9(2)5-8)11-16-10(13)17-12(18-11)20-7-14-6-15-20/h6-9H,3-5H2,1-2H3,(H2,13,16,17,18). The average molecular weight is 274 g/mol. The van der Waals surface area contributed by atoms with Gasteiger partial charge < -0.3 is 10.6 Å². The van der Waals surface area contributed by atoms with Gasteiger partial charge in [-0.1, -0.05) is 6.92 Å². The van der Waals surface area contributed by atoms with Crippen molar-refractivity contribution in [3.05, 3.63) is 12.7 Å². The van der Waals surface area contributed by atoms with Gasteiger partial charge in [-0.3, -0.25) is 0 Å². The number of anilines is 2. The van der Waals surface area contributed by atoms with E-state index in [4.69, 9.17) is 5.73 Å². The molecule has 2 unspecified atom stereocenters. The first-order valence-corrected chi connectivity index (χ1v) is 6.76. The van der Waals surface area contributed by atoms with Crippen molar-refractivity contribution in [1.82, 2.24) is 29.7 Å². The zero-order chi connectivity index (χ0) is 14.1. The summed E-state index contributed by atoms with van der Waals surface area (Å²) in [5, 5.41) is 4.02. The van der Waals surface area contributed by atoms with Crippen LogP contribution in [-0.2, 0) is 0 Å². The molecule has 2 aromatic rings. The third kappa shape index (κ3) is 2.40. The number of hydrogen-bond donors (Lipinski definition) is 1. The number of rotatable bonds is 2. The molecular formula is C12H18N8. The molecule has 0 aliphatic carbocycles. The molecule has 1 aliphatic heterocycles. The molecule has 0 bridgehead atoms. The molecule has 20 heavy (non-hydrogen) atoms. The Labute approximate surface area is 117 Å². The molecule has 1 aliphatic rings. The van der Waals surface area contributed by atoms with Crippen LogP contribution in [-0.4, -0.2) is 42.3 Å². The zero-order valence-corrected chi connectivity index (χ0v) is 11.6. The Morgan fingerprint density at radius 1 is 1.20 bits per heavy atom. The van der Waals surface area contributed by atoms with E-state index < -0.39 is 0 Å². The molecule has 2 atom stereocenters. The minimum Gasteiger partial charge on any atom is -0.368 e. The lowest BCUT2D eigenvalue weighted by atomic mass is 9.94. The average Bonchev–Trinajstić information content (AvgIpc) is 2.91. The molecule has 2 aromatic heterocycles. The van der Waals surface area contributed by atoms with Gasteiger partial charge in [-0.05, 0) is 25.7 Å². The summed E-state index contributed by atoms with van der Waals surface area (Å²) in [6, 6.07) is 0.393. The highest BCUT2D eigenvalue weighted by molar-refractivity contribution is 5.39. The van der Waals surface area contributed by atoms with E-state index in [-0.39, 0.29) is 5.95 Å². The van der Waals surface area contributed by atoms with Crippen molar-refractivity contribution < 1.29 is 0 Å². The maximum absolute atomic E-state index is 5.79. The maximum atomic E-state index is 5.79. The topological polar surface area (TPSA) is 98.6 Å². The van der Waals surface area contributed by atoms with Gasteiger partial charge in [0.05, 0.1) is 0 Å². The van der Waals surface area contributed by atoms with Crippen LogP contribution in [0.25, 0.3) is 5.95 Å². The number of hydrogen-bond acceptors (Lipinski definition) is 7. The molecule has 106 valence electrons. The first-order valence-electron chi connectivity index (χ1n) is 6.76. The second-order valence-corrected chi connectivity index (χ2v) is 5.31. The van der Waals surface area contributed by atoms with Crippen molar-refractivity contribution in [2.45, 2.75) is 32.7 Å². The van der Waals surface area contributed by atoms with Gasteiger partial charge >= 0.3 is 0 Å². The second kappa shape index (κ2) is 5.03. The SMILES string of the molecule is CC1CCN(c2nc(N)nc(-n3cncn3)n2)C(C)C1. The summed E-state index contributed by atoms with van der Waals surface area (Å²) >= 11 is 0. The molecule has 0 aromatic carbocycles. The Morgan fingerprint density at radius 2 is 2.00 bits per heavy atom. The van der Waals surface area contributed by atoms with E-state index in [0.717, 1.165) is 25.3 Å². The van der Waals surface area contributed by atoms with Crippen LogP contribution in [0.5, 0.6) is 0 Å². The Hall–Kier alpha value is -2.25. The Bertz CT molecular complexity index is 581. The third-order valence-corrected chi connectivity index (χ3v) is 3.65. The fraction of sp³-hybridized carbons (Fsp3) is 0.583. The lowest BCUT2D eigenvalue weighted by molar-refractivity contribution is 0.373. The predicted molar refractivity (Wildman–Crippen MR) is 74.4 cm³/mol. The summed E-state index contributed by atoms with van der Waals surface area (Å²) in [5.41, 5.74) is 5.79. The molecule has 3 heterocycles. The molecule has 2 N–H and O–H groups in total. The van der Waals surface area contributed by atoms with E-state index in [0.29, 0.717) is 17.9 Å². The normalized spacial score (nSPS) is 23.0. The van der Waals surface area contributed by atoms with Crippen LogP contribution in [0.2, 0.25) is 0 Å². The van der Waals surface area contributed by atoms with Crippen molar-refractivity contribution in [2.24, 2.45) is 5.92 Å². The van der Waals surface area contributed by atoms with Gasteiger partial charge in [0.25, 0.3) is 5.95 Å². The summed E-state index contributed by atoms with van der Waals surface area (Å²) < 4.78 is 1.48. The number of aromatic nitrogens is 6. The summed E-state index contributed by atoms with van der Waals surface area (Å²) in [4.78, 5) is 18.9. The Kier molecular flexibility index (Phi) is 3.21. The van der Waals surface area contributed by atoms with Gasteiger partial charge in [0.2, 0.25) is 11.9 Å². The molecule has 0 amide bonds. The largest absolute Gasteiger partial charge is 0.368 e. The van der Waals surface area contributed by atoms with Crippen LogP contribution in [0, 0.1) is 5.92 Å². The predicted octanol–water partition coefficient (Wildman–Crippen LogP) is 0.659. The van der Waals surface area contributed by atoms with Crippen LogP contribution < -0.4 is 10.6 Å². The van der Waals surface area contributed by atoms with E-state index in [9.17, 15) is 0 Å².